The summed E-state index contributed by atoms with van der Waals surface area (Å²) in [4.78, 5) is 5.00. The number of rotatable bonds is 7. The number of hydrogen-bond donors (Lipinski definition) is 1. The van der Waals surface area contributed by atoms with Crippen LogP contribution in [0.25, 0.3) is 0 Å². The Morgan fingerprint density at radius 2 is 1.69 bits per heavy atom. The van der Waals surface area contributed by atoms with E-state index in [9.17, 15) is 0 Å². The number of anilines is 1. The Labute approximate surface area is 174 Å². The molecule has 2 aliphatic rings. The number of methoxy groups -OCH3 is 2. The van der Waals surface area contributed by atoms with Gasteiger partial charge in [0.25, 0.3) is 0 Å². The number of ether oxygens (including phenoxy) is 2. The summed E-state index contributed by atoms with van der Waals surface area (Å²) in [5, 5.41) is 3.81. The van der Waals surface area contributed by atoms with Crippen LogP contribution < -0.4 is 19.7 Å². The van der Waals surface area contributed by atoms with Gasteiger partial charge >= 0.3 is 0 Å². The summed E-state index contributed by atoms with van der Waals surface area (Å²) in [6, 6.07) is 15.2. The van der Waals surface area contributed by atoms with Gasteiger partial charge in [0.1, 0.15) is 11.5 Å². The summed E-state index contributed by atoms with van der Waals surface area (Å²) < 4.78 is 11.1. The molecule has 0 radical (unpaired) electrons. The number of hydrogen-bond acceptors (Lipinski definition) is 5. The van der Waals surface area contributed by atoms with Crippen LogP contribution in [0.4, 0.5) is 5.69 Å². The van der Waals surface area contributed by atoms with Crippen molar-refractivity contribution in [2.24, 2.45) is 0 Å². The highest BCUT2D eigenvalue weighted by Gasteiger charge is 2.23. The van der Waals surface area contributed by atoms with E-state index in [-0.39, 0.29) is 0 Å². The second-order valence-corrected chi connectivity index (χ2v) is 7.93. The highest BCUT2D eigenvalue weighted by molar-refractivity contribution is 5.58. The van der Waals surface area contributed by atoms with Crippen molar-refractivity contribution in [2.75, 3.05) is 58.4 Å². The number of benzene rings is 2. The van der Waals surface area contributed by atoms with Crippen LogP contribution in [0, 0.1) is 0 Å². The largest absolute Gasteiger partial charge is 0.496 e. The number of fused-ring (bicyclic) bond motifs is 1. The van der Waals surface area contributed by atoms with Crippen LogP contribution in [0.3, 0.4) is 0 Å². The zero-order valence-corrected chi connectivity index (χ0v) is 17.7. The molecule has 4 rings (SSSR count). The quantitative estimate of drug-likeness (QED) is 0.777. The molecule has 156 valence electrons. The molecule has 5 nitrogen and oxygen atoms in total. The normalized spacial score (nSPS) is 19.7. The first-order valence-corrected chi connectivity index (χ1v) is 10.8. The van der Waals surface area contributed by atoms with Gasteiger partial charge in [-0.2, -0.15) is 0 Å². The maximum Gasteiger partial charge on any atom is 0.142 e. The average molecular weight is 396 g/mol. The summed E-state index contributed by atoms with van der Waals surface area (Å²) in [5.74, 6) is 2.01. The lowest BCUT2D eigenvalue weighted by molar-refractivity contribution is 0.251. The van der Waals surface area contributed by atoms with Crippen molar-refractivity contribution < 1.29 is 9.47 Å². The summed E-state index contributed by atoms with van der Waals surface area (Å²) in [6.07, 6.45) is 3.56. The molecule has 2 aromatic rings. The topological polar surface area (TPSA) is 37.0 Å². The zero-order chi connectivity index (χ0) is 20.1. The predicted octanol–water partition coefficient (Wildman–Crippen LogP) is 3.49. The summed E-state index contributed by atoms with van der Waals surface area (Å²) in [5.41, 5.74) is 4.03. The molecule has 0 saturated carbocycles. The highest BCUT2D eigenvalue weighted by Crippen LogP contribution is 2.35. The van der Waals surface area contributed by atoms with Gasteiger partial charge in [0, 0.05) is 45.3 Å². The molecule has 5 heteroatoms. The molecule has 1 N–H and O–H groups in total. The van der Waals surface area contributed by atoms with E-state index in [0.717, 1.165) is 57.2 Å². The minimum atomic E-state index is 0.448. The van der Waals surface area contributed by atoms with Crippen molar-refractivity contribution in [3.8, 4) is 11.5 Å². The van der Waals surface area contributed by atoms with E-state index in [4.69, 9.17) is 9.47 Å². The van der Waals surface area contributed by atoms with Crippen LogP contribution in [-0.4, -0.2) is 58.4 Å². The molecular formula is C24H33N3O2. The fourth-order valence-electron chi connectivity index (χ4n) is 4.72. The molecule has 1 aliphatic heterocycles. The third-order valence-electron chi connectivity index (χ3n) is 6.30. The minimum absolute atomic E-state index is 0.448. The van der Waals surface area contributed by atoms with Crippen LogP contribution >= 0.6 is 0 Å². The summed E-state index contributed by atoms with van der Waals surface area (Å²) in [7, 11) is 3.52. The number of nitrogens with one attached hydrogen (secondary N) is 1. The van der Waals surface area contributed by atoms with Crippen molar-refractivity contribution in [1.29, 1.82) is 0 Å². The maximum atomic E-state index is 5.57. The molecule has 1 aliphatic carbocycles. The fourth-order valence-corrected chi connectivity index (χ4v) is 4.72. The molecule has 0 spiro atoms. The van der Waals surface area contributed by atoms with Crippen LogP contribution in [0.2, 0.25) is 0 Å². The summed E-state index contributed by atoms with van der Waals surface area (Å²) in [6.45, 7) is 6.39. The van der Waals surface area contributed by atoms with Crippen molar-refractivity contribution in [3.05, 3.63) is 53.6 Å². The predicted molar refractivity (Wildman–Crippen MR) is 118 cm³/mol. The zero-order valence-electron chi connectivity index (χ0n) is 17.7. The number of nitrogens with zero attached hydrogens (tertiary/aromatic N) is 2. The Bertz CT molecular complexity index is 802. The van der Waals surface area contributed by atoms with Crippen LogP contribution in [0.5, 0.6) is 11.5 Å². The van der Waals surface area contributed by atoms with Crippen LogP contribution in [0.15, 0.2) is 42.5 Å². The Kier molecular flexibility index (Phi) is 6.57. The maximum absolute atomic E-state index is 5.57. The first kappa shape index (κ1) is 20.0. The van der Waals surface area contributed by atoms with Gasteiger partial charge in [-0.25, -0.2) is 0 Å². The molecule has 0 amide bonds. The van der Waals surface area contributed by atoms with Gasteiger partial charge in [0.15, 0.2) is 0 Å². The Hall–Kier alpha value is -2.24. The average Bonchev–Trinajstić information content (AvgIpc) is 2.79. The smallest absolute Gasteiger partial charge is 0.142 e. The molecule has 1 atom stereocenters. The molecule has 0 bridgehead atoms. The van der Waals surface area contributed by atoms with Crippen molar-refractivity contribution in [1.82, 2.24) is 10.2 Å². The van der Waals surface area contributed by atoms with Gasteiger partial charge in [-0.05, 0) is 48.6 Å². The summed E-state index contributed by atoms with van der Waals surface area (Å²) >= 11 is 0. The Balaban J connectivity index is 1.27. The first-order valence-electron chi connectivity index (χ1n) is 10.8. The van der Waals surface area contributed by atoms with E-state index >= 15 is 0 Å². The molecule has 29 heavy (non-hydrogen) atoms. The van der Waals surface area contributed by atoms with E-state index in [1.54, 1.807) is 14.2 Å². The van der Waals surface area contributed by atoms with E-state index < -0.39 is 0 Å². The molecule has 1 saturated heterocycles. The highest BCUT2D eigenvalue weighted by atomic mass is 16.5. The second kappa shape index (κ2) is 9.51. The molecule has 1 fully saturated rings. The van der Waals surface area contributed by atoms with E-state index in [1.165, 1.54) is 29.7 Å². The van der Waals surface area contributed by atoms with E-state index in [0.29, 0.717) is 6.04 Å². The SMILES string of the molecule is COc1ccccc1N1CCN(CCN[C@@H]2CCCc3c(OC)cccc32)CC1. The van der Waals surface area contributed by atoms with Crippen LogP contribution in [0.1, 0.15) is 30.0 Å². The van der Waals surface area contributed by atoms with Crippen LogP contribution in [-0.2, 0) is 6.42 Å². The van der Waals surface area contributed by atoms with Crippen molar-refractivity contribution in [2.45, 2.75) is 25.3 Å². The first-order chi connectivity index (χ1) is 14.3. The minimum Gasteiger partial charge on any atom is -0.496 e. The molecule has 0 unspecified atom stereocenters. The van der Waals surface area contributed by atoms with Gasteiger partial charge in [0.2, 0.25) is 0 Å². The fraction of sp³-hybridized carbons (Fsp3) is 0.500. The molecule has 0 aromatic heterocycles. The van der Waals surface area contributed by atoms with Gasteiger partial charge in [-0.3, -0.25) is 4.90 Å². The molecule has 2 aromatic carbocycles. The van der Waals surface area contributed by atoms with Crippen molar-refractivity contribution >= 4 is 5.69 Å². The lowest BCUT2D eigenvalue weighted by Crippen LogP contribution is -2.48. The van der Waals surface area contributed by atoms with Gasteiger partial charge in [-0.1, -0.05) is 24.3 Å². The van der Waals surface area contributed by atoms with E-state index in [1.807, 2.05) is 12.1 Å². The van der Waals surface area contributed by atoms with E-state index in [2.05, 4.69) is 45.4 Å². The lowest BCUT2D eigenvalue weighted by Gasteiger charge is -2.37. The lowest BCUT2D eigenvalue weighted by atomic mass is 9.87. The second-order valence-electron chi connectivity index (χ2n) is 7.93. The van der Waals surface area contributed by atoms with Gasteiger partial charge < -0.3 is 19.7 Å². The standard InChI is InChI=1S/C24H33N3O2/c1-28-23-12-6-7-19-20(23)8-5-9-21(19)25-13-14-26-15-17-27(18-16-26)22-10-3-4-11-24(22)29-2/h3-4,6-7,10-12,21,25H,5,8-9,13-18H2,1-2H3/t21-/m1/s1. The number of piperazine rings is 1. The van der Waals surface area contributed by atoms with Gasteiger partial charge in [-0.15, -0.1) is 0 Å². The third-order valence-corrected chi connectivity index (χ3v) is 6.30. The van der Waals surface area contributed by atoms with Crippen molar-refractivity contribution in [3.63, 3.8) is 0 Å². The Morgan fingerprint density at radius 3 is 2.48 bits per heavy atom. The Morgan fingerprint density at radius 1 is 0.931 bits per heavy atom. The molecule has 1 heterocycles. The van der Waals surface area contributed by atoms with Gasteiger partial charge in [0.05, 0.1) is 19.9 Å². The monoisotopic (exact) mass is 395 g/mol. The third kappa shape index (κ3) is 4.51. The number of para-hydroxylation sites is 2. The molecular weight excluding hydrogens is 362 g/mol.